The summed E-state index contributed by atoms with van der Waals surface area (Å²) >= 11 is 5.57. The highest BCUT2D eigenvalue weighted by atomic mass is 35.5. The van der Waals surface area contributed by atoms with Crippen LogP contribution in [0, 0.1) is 0 Å². The van der Waals surface area contributed by atoms with E-state index in [0.717, 1.165) is 12.1 Å². The number of rotatable bonds is 5. The van der Waals surface area contributed by atoms with Crippen LogP contribution in [0.25, 0.3) is 0 Å². The number of carbonyl (C=O) groups is 4. The van der Waals surface area contributed by atoms with E-state index in [4.69, 9.17) is 16.3 Å². The molecule has 162 valence electrons. The number of fused-ring (bicyclic) bond motifs is 1. The lowest BCUT2D eigenvalue weighted by Crippen LogP contribution is -2.44. The Morgan fingerprint density at radius 2 is 1.68 bits per heavy atom. The highest BCUT2D eigenvalue weighted by molar-refractivity contribution is 6.30. The van der Waals surface area contributed by atoms with Crippen LogP contribution >= 0.6 is 11.6 Å². The number of alkyl halides is 3. The van der Waals surface area contributed by atoms with Crippen LogP contribution in [0.4, 0.5) is 18.9 Å². The zero-order chi connectivity index (χ0) is 22.9. The summed E-state index contributed by atoms with van der Waals surface area (Å²) in [5.41, 5.74) is -1.47. The Kier molecular flexibility index (Phi) is 6.03. The van der Waals surface area contributed by atoms with Gasteiger partial charge in [-0.3, -0.25) is 19.3 Å². The first-order chi connectivity index (χ1) is 14.5. The van der Waals surface area contributed by atoms with Crippen molar-refractivity contribution >= 4 is 41.0 Å². The summed E-state index contributed by atoms with van der Waals surface area (Å²) in [4.78, 5) is 49.7. The number of amides is 3. The van der Waals surface area contributed by atoms with Crippen molar-refractivity contribution in [3.8, 4) is 0 Å². The fourth-order valence-electron chi connectivity index (χ4n) is 2.97. The fourth-order valence-corrected chi connectivity index (χ4v) is 3.14. The monoisotopic (exact) mass is 454 g/mol. The maximum atomic E-state index is 13.1. The predicted octanol–water partition coefficient (Wildman–Crippen LogP) is 3.53. The van der Waals surface area contributed by atoms with Gasteiger partial charge in [0.15, 0.2) is 6.61 Å². The molecule has 1 aliphatic rings. The van der Waals surface area contributed by atoms with Gasteiger partial charge in [-0.05, 0) is 37.3 Å². The second kappa shape index (κ2) is 8.38. The highest BCUT2D eigenvalue weighted by Gasteiger charge is 2.41. The summed E-state index contributed by atoms with van der Waals surface area (Å²) in [5, 5.41) is 1.82. The molecular weight excluding hydrogens is 441 g/mol. The number of nitrogens with zero attached hydrogens (tertiary/aromatic N) is 1. The van der Waals surface area contributed by atoms with Crippen molar-refractivity contribution in [2.24, 2.45) is 0 Å². The number of halogens is 4. The van der Waals surface area contributed by atoms with E-state index in [0.29, 0.717) is 11.0 Å². The average Bonchev–Trinajstić information content (AvgIpc) is 2.97. The number of esters is 1. The van der Waals surface area contributed by atoms with Gasteiger partial charge >= 0.3 is 12.1 Å². The molecule has 0 fully saturated rings. The standard InChI is InChI=1S/C20H14ClF3N2O5/c1-10(26-17(28)12-4-2-3-5-13(12)18(26)29)19(30)31-9-16(27)25-15-7-6-11(21)8-14(15)20(22,23)24/h2-8,10H,9H2,1H3,(H,25,27). The van der Waals surface area contributed by atoms with Crippen LogP contribution in [0.2, 0.25) is 5.02 Å². The van der Waals surface area contributed by atoms with Crippen LogP contribution in [-0.2, 0) is 20.5 Å². The molecule has 0 aromatic heterocycles. The predicted molar refractivity (Wildman–Crippen MR) is 102 cm³/mol. The van der Waals surface area contributed by atoms with Crippen molar-refractivity contribution in [3.63, 3.8) is 0 Å². The molecule has 0 saturated carbocycles. The second-order valence-corrected chi connectivity index (χ2v) is 6.98. The van der Waals surface area contributed by atoms with Gasteiger partial charge in [0.2, 0.25) is 0 Å². The molecule has 0 bridgehead atoms. The van der Waals surface area contributed by atoms with Crippen molar-refractivity contribution in [2.75, 3.05) is 11.9 Å². The summed E-state index contributed by atoms with van der Waals surface area (Å²) in [6, 6.07) is 7.42. The molecule has 1 aliphatic heterocycles. The fraction of sp³-hybridized carbons (Fsp3) is 0.200. The van der Waals surface area contributed by atoms with E-state index in [1.54, 1.807) is 12.1 Å². The Bertz CT molecular complexity index is 1050. The third-order valence-electron chi connectivity index (χ3n) is 4.46. The molecule has 2 aromatic carbocycles. The third kappa shape index (κ3) is 4.53. The molecule has 1 heterocycles. The number of imide groups is 1. The van der Waals surface area contributed by atoms with Crippen molar-refractivity contribution in [1.29, 1.82) is 0 Å². The first-order valence-electron chi connectivity index (χ1n) is 8.81. The molecule has 31 heavy (non-hydrogen) atoms. The molecule has 2 aromatic rings. The molecule has 3 amide bonds. The zero-order valence-electron chi connectivity index (χ0n) is 15.8. The number of anilines is 1. The third-order valence-corrected chi connectivity index (χ3v) is 4.70. The smallest absolute Gasteiger partial charge is 0.418 e. The maximum absolute atomic E-state index is 13.1. The normalized spacial score (nSPS) is 14.3. The summed E-state index contributed by atoms with van der Waals surface area (Å²) < 4.78 is 44.1. The van der Waals surface area contributed by atoms with Crippen molar-refractivity contribution in [2.45, 2.75) is 19.1 Å². The van der Waals surface area contributed by atoms with Crippen LogP contribution in [0.1, 0.15) is 33.2 Å². The largest absolute Gasteiger partial charge is 0.454 e. The zero-order valence-corrected chi connectivity index (χ0v) is 16.6. The van der Waals surface area contributed by atoms with Crippen molar-refractivity contribution in [3.05, 3.63) is 64.2 Å². The molecule has 11 heteroatoms. The summed E-state index contributed by atoms with van der Waals surface area (Å²) in [7, 11) is 0. The summed E-state index contributed by atoms with van der Waals surface area (Å²) in [6.45, 7) is 0.315. The number of carbonyl (C=O) groups excluding carboxylic acids is 4. The van der Waals surface area contributed by atoms with Crippen LogP contribution in [-0.4, -0.2) is 41.2 Å². The number of nitrogens with one attached hydrogen (secondary N) is 1. The highest BCUT2D eigenvalue weighted by Crippen LogP contribution is 2.36. The summed E-state index contributed by atoms with van der Waals surface area (Å²) in [6.07, 6.45) is -4.77. The van der Waals surface area contributed by atoms with Crippen molar-refractivity contribution < 1.29 is 37.1 Å². The maximum Gasteiger partial charge on any atom is 0.418 e. The van der Waals surface area contributed by atoms with Gasteiger partial charge in [-0.25, -0.2) is 4.79 Å². The van der Waals surface area contributed by atoms with Gasteiger partial charge in [0.1, 0.15) is 6.04 Å². The molecule has 7 nitrogen and oxygen atoms in total. The van der Waals surface area contributed by atoms with Crippen LogP contribution in [0.3, 0.4) is 0 Å². The SMILES string of the molecule is CC(C(=O)OCC(=O)Nc1ccc(Cl)cc1C(F)(F)F)N1C(=O)c2ccccc2C1=O. The van der Waals surface area contributed by atoms with E-state index >= 15 is 0 Å². The number of benzene rings is 2. The lowest BCUT2D eigenvalue weighted by atomic mass is 10.1. The van der Waals surface area contributed by atoms with E-state index in [9.17, 15) is 32.3 Å². The Balaban J connectivity index is 1.64. The average molecular weight is 455 g/mol. The van der Waals surface area contributed by atoms with E-state index in [-0.39, 0.29) is 16.1 Å². The van der Waals surface area contributed by atoms with Crippen LogP contribution in [0.5, 0.6) is 0 Å². The molecule has 0 aliphatic carbocycles. The van der Waals surface area contributed by atoms with Gasteiger partial charge in [0, 0.05) is 5.02 Å². The minimum absolute atomic E-state index is 0.132. The molecule has 0 radical (unpaired) electrons. The van der Waals surface area contributed by atoms with E-state index in [1.165, 1.54) is 19.1 Å². The molecule has 0 saturated heterocycles. The number of ether oxygens (including phenoxy) is 1. The molecule has 0 spiro atoms. The van der Waals surface area contributed by atoms with E-state index in [2.05, 4.69) is 0 Å². The Morgan fingerprint density at radius 3 is 2.23 bits per heavy atom. The minimum atomic E-state index is -4.77. The topological polar surface area (TPSA) is 92.8 Å². The van der Waals surface area contributed by atoms with Gasteiger partial charge < -0.3 is 10.1 Å². The minimum Gasteiger partial charge on any atom is -0.454 e. The second-order valence-electron chi connectivity index (χ2n) is 6.55. The van der Waals surface area contributed by atoms with Crippen LogP contribution in [0.15, 0.2) is 42.5 Å². The molecule has 3 rings (SSSR count). The van der Waals surface area contributed by atoms with Gasteiger partial charge in [-0.2, -0.15) is 13.2 Å². The Hall–Kier alpha value is -3.40. The number of hydrogen-bond acceptors (Lipinski definition) is 5. The van der Waals surface area contributed by atoms with E-state index in [1.807, 2.05) is 5.32 Å². The Morgan fingerprint density at radius 1 is 1.10 bits per heavy atom. The first-order valence-corrected chi connectivity index (χ1v) is 9.18. The lowest BCUT2D eigenvalue weighted by molar-refractivity contribution is -0.150. The van der Waals surface area contributed by atoms with Crippen LogP contribution < -0.4 is 5.32 Å². The summed E-state index contributed by atoms with van der Waals surface area (Å²) in [5.74, 6) is -3.50. The molecule has 1 unspecified atom stereocenters. The molecule has 1 N–H and O–H groups in total. The Labute approximate surface area is 178 Å². The first kappa shape index (κ1) is 22.3. The quantitative estimate of drug-likeness (QED) is 0.551. The van der Waals surface area contributed by atoms with Gasteiger partial charge in [0.25, 0.3) is 17.7 Å². The van der Waals surface area contributed by atoms with Gasteiger partial charge in [-0.1, -0.05) is 23.7 Å². The van der Waals surface area contributed by atoms with Gasteiger partial charge in [0.05, 0.1) is 22.4 Å². The lowest BCUT2D eigenvalue weighted by Gasteiger charge is -2.21. The number of hydrogen-bond donors (Lipinski definition) is 1. The molecular formula is C20H14ClF3N2O5. The van der Waals surface area contributed by atoms with Gasteiger partial charge in [-0.15, -0.1) is 0 Å². The van der Waals surface area contributed by atoms with E-state index < -0.39 is 53.8 Å². The van der Waals surface area contributed by atoms with Crippen molar-refractivity contribution in [1.82, 2.24) is 4.90 Å². The molecule has 1 atom stereocenters.